The topological polar surface area (TPSA) is 81.4 Å². The van der Waals surface area contributed by atoms with Gasteiger partial charge in [-0.25, -0.2) is 4.79 Å². The number of hydrogen-bond donors (Lipinski definition) is 1. The zero-order valence-corrected chi connectivity index (χ0v) is 11.8. The van der Waals surface area contributed by atoms with Crippen LogP contribution in [0.4, 0.5) is 0 Å². The zero-order chi connectivity index (χ0) is 14.9. The van der Waals surface area contributed by atoms with E-state index in [-0.39, 0.29) is 29.7 Å². The Morgan fingerprint density at radius 1 is 1.55 bits per heavy atom. The van der Waals surface area contributed by atoms with Crippen molar-refractivity contribution in [2.45, 2.75) is 39.3 Å². The molecule has 1 fully saturated rings. The van der Waals surface area contributed by atoms with Crippen molar-refractivity contribution in [3.8, 4) is 0 Å². The molecule has 0 bridgehead atoms. The molecular weight excluding hydrogens is 260 g/mol. The van der Waals surface area contributed by atoms with Crippen molar-refractivity contribution in [3.63, 3.8) is 0 Å². The molecule has 0 aliphatic carbocycles. The standard InChI is InChI=1S/C14H18N2O4/c1-7(2)12(11-5-8(3)14(18)19-11)15-13(17)10-6-9(4)20-16-10/h6-7,11-12H,3,5H2,1-2,4H3,(H,15,17)/t11?,12-/m0/s1. The summed E-state index contributed by atoms with van der Waals surface area (Å²) in [5.41, 5.74) is 0.656. The first-order valence-electron chi connectivity index (χ1n) is 6.51. The highest BCUT2D eigenvalue weighted by Gasteiger charge is 2.36. The molecule has 2 atom stereocenters. The van der Waals surface area contributed by atoms with E-state index in [9.17, 15) is 9.59 Å². The molecule has 1 aromatic rings. The van der Waals surface area contributed by atoms with Crippen molar-refractivity contribution in [1.29, 1.82) is 0 Å². The molecule has 2 heterocycles. The van der Waals surface area contributed by atoms with Crippen molar-refractivity contribution in [3.05, 3.63) is 29.7 Å². The molecule has 0 radical (unpaired) electrons. The molecule has 6 heteroatoms. The van der Waals surface area contributed by atoms with E-state index < -0.39 is 5.97 Å². The van der Waals surface area contributed by atoms with Crippen LogP contribution < -0.4 is 5.32 Å². The minimum atomic E-state index is -0.396. The van der Waals surface area contributed by atoms with Gasteiger partial charge in [0.1, 0.15) is 11.9 Å². The van der Waals surface area contributed by atoms with E-state index in [1.54, 1.807) is 13.0 Å². The molecule has 1 aliphatic heterocycles. The summed E-state index contributed by atoms with van der Waals surface area (Å²) < 4.78 is 10.1. The number of esters is 1. The fourth-order valence-corrected chi connectivity index (χ4v) is 2.18. The number of nitrogens with zero attached hydrogens (tertiary/aromatic N) is 1. The number of nitrogens with one attached hydrogen (secondary N) is 1. The molecule has 0 spiro atoms. The normalized spacial score (nSPS) is 20.1. The Balaban J connectivity index is 2.08. The fraction of sp³-hybridized carbons (Fsp3) is 0.500. The average Bonchev–Trinajstić information content (AvgIpc) is 2.93. The summed E-state index contributed by atoms with van der Waals surface area (Å²) in [4.78, 5) is 23.5. The summed E-state index contributed by atoms with van der Waals surface area (Å²) in [7, 11) is 0. The summed E-state index contributed by atoms with van der Waals surface area (Å²) in [6, 6.07) is 1.27. The van der Waals surface area contributed by atoms with Gasteiger partial charge in [0.15, 0.2) is 5.69 Å². The molecule has 1 N–H and O–H groups in total. The van der Waals surface area contributed by atoms with Gasteiger partial charge in [-0.15, -0.1) is 0 Å². The number of aromatic nitrogens is 1. The second kappa shape index (κ2) is 5.48. The highest BCUT2D eigenvalue weighted by atomic mass is 16.6. The van der Waals surface area contributed by atoms with Crippen LogP contribution in [0.15, 0.2) is 22.7 Å². The summed E-state index contributed by atoms with van der Waals surface area (Å²) in [6.07, 6.45) is 0.0479. The van der Waals surface area contributed by atoms with Crippen LogP contribution >= 0.6 is 0 Å². The predicted molar refractivity (Wildman–Crippen MR) is 71.0 cm³/mol. The first kappa shape index (κ1) is 14.3. The first-order chi connectivity index (χ1) is 9.38. The molecule has 0 saturated carbocycles. The summed E-state index contributed by atoms with van der Waals surface area (Å²) in [5, 5.41) is 6.52. The van der Waals surface area contributed by atoms with E-state index in [0.29, 0.717) is 17.8 Å². The van der Waals surface area contributed by atoms with E-state index in [0.717, 1.165) is 0 Å². The molecular formula is C14H18N2O4. The van der Waals surface area contributed by atoms with E-state index in [1.807, 2.05) is 13.8 Å². The number of rotatable bonds is 4. The van der Waals surface area contributed by atoms with Gasteiger partial charge in [-0.3, -0.25) is 4.79 Å². The highest BCUT2D eigenvalue weighted by Crippen LogP contribution is 2.25. The van der Waals surface area contributed by atoms with Crippen LogP contribution in [0.25, 0.3) is 0 Å². The number of ether oxygens (including phenoxy) is 1. The Kier molecular flexibility index (Phi) is 3.92. The van der Waals surface area contributed by atoms with Crippen LogP contribution in [0.2, 0.25) is 0 Å². The van der Waals surface area contributed by atoms with E-state index in [4.69, 9.17) is 9.26 Å². The average molecular weight is 278 g/mol. The third-order valence-corrected chi connectivity index (χ3v) is 3.27. The summed E-state index contributed by atoms with van der Waals surface area (Å²) >= 11 is 0. The summed E-state index contributed by atoms with van der Waals surface area (Å²) in [5.74, 6) is -0.0612. The van der Waals surface area contributed by atoms with Crippen molar-refractivity contribution < 1.29 is 18.8 Å². The smallest absolute Gasteiger partial charge is 0.333 e. The Labute approximate surface area is 117 Å². The van der Waals surface area contributed by atoms with Crippen LogP contribution in [-0.4, -0.2) is 29.2 Å². The lowest BCUT2D eigenvalue weighted by atomic mass is 9.95. The van der Waals surface area contributed by atoms with E-state index in [2.05, 4.69) is 17.1 Å². The Hall–Kier alpha value is -2.11. The van der Waals surface area contributed by atoms with Gasteiger partial charge in [-0.2, -0.15) is 0 Å². The third kappa shape index (κ3) is 2.89. The van der Waals surface area contributed by atoms with Gasteiger partial charge in [0.2, 0.25) is 0 Å². The zero-order valence-electron chi connectivity index (χ0n) is 11.8. The van der Waals surface area contributed by atoms with E-state index in [1.165, 1.54) is 0 Å². The summed E-state index contributed by atoms with van der Waals surface area (Å²) in [6.45, 7) is 9.27. The van der Waals surface area contributed by atoms with Crippen molar-refractivity contribution in [2.24, 2.45) is 5.92 Å². The molecule has 20 heavy (non-hydrogen) atoms. The molecule has 2 rings (SSSR count). The largest absolute Gasteiger partial charge is 0.456 e. The van der Waals surface area contributed by atoms with Gasteiger partial charge in [0.05, 0.1) is 6.04 Å². The second-order valence-electron chi connectivity index (χ2n) is 5.32. The van der Waals surface area contributed by atoms with Gasteiger partial charge < -0.3 is 14.6 Å². The Bertz CT molecular complexity index is 531. The molecule has 108 valence electrons. The van der Waals surface area contributed by atoms with Crippen molar-refractivity contribution >= 4 is 11.9 Å². The maximum atomic E-state index is 12.1. The minimum absolute atomic E-state index is 0.107. The number of aryl methyl sites for hydroxylation is 1. The first-order valence-corrected chi connectivity index (χ1v) is 6.51. The van der Waals surface area contributed by atoms with Crippen molar-refractivity contribution in [1.82, 2.24) is 10.5 Å². The molecule has 1 aliphatic rings. The Morgan fingerprint density at radius 2 is 2.25 bits per heavy atom. The van der Waals surface area contributed by atoms with Gasteiger partial charge in [0, 0.05) is 18.1 Å². The van der Waals surface area contributed by atoms with Crippen LogP contribution in [0.1, 0.15) is 36.5 Å². The SMILES string of the molecule is C=C1CC([C@@H](NC(=O)c2cc(C)on2)C(C)C)OC1=O. The maximum Gasteiger partial charge on any atom is 0.333 e. The van der Waals surface area contributed by atoms with Crippen LogP contribution in [0.3, 0.4) is 0 Å². The van der Waals surface area contributed by atoms with Gasteiger partial charge in [0.25, 0.3) is 5.91 Å². The van der Waals surface area contributed by atoms with Crippen molar-refractivity contribution in [2.75, 3.05) is 0 Å². The number of cyclic esters (lactones) is 1. The number of amides is 1. The van der Waals surface area contributed by atoms with Crippen LogP contribution in [-0.2, 0) is 9.53 Å². The maximum absolute atomic E-state index is 12.1. The molecule has 1 amide bonds. The van der Waals surface area contributed by atoms with Gasteiger partial charge in [-0.1, -0.05) is 25.6 Å². The second-order valence-corrected chi connectivity index (χ2v) is 5.32. The molecule has 1 aromatic heterocycles. The molecule has 6 nitrogen and oxygen atoms in total. The molecule has 1 unspecified atom stereocenters. The fourth-order valence-electron chi connectivity index (χ4n) is 2.18. The van der Waals surface area contributed by atoms with Gasteiger partial charge >= 0.3 is 5.97 Å². The lowest BCUT2D eigenvalue weighted by Gasteiger charge is -2.26. The highest BCUT2D eigenvalue weighted by molar-refractivity contribution is 5.93. The number of hydrogen-bond acceptors (Lipinski definition) is 5. The van der Waals surface area contributed by atoms with E-state index >= 15 is 0 Å². The number of carbonyl (C=O) groups excluding carboxylic acids is 2. The molecule has 0 aromatic carbocycles. The minimum Gasteiger partial charge on any atom is -0.456 e. The van der Waals surface area contributed by atoms with Crippen LogP contribution in [0.5, 0.6) is 0 Å². The Morgan fingerprint density at radius 3 is 2.70 bits per heavy atom. The lowest BCUT2D eigenvalue weighted by molar-refractivity contribution is -0.140. The lowest BCUT2D eigenvalue weighted by Crippen LogP contribution is -2.46. The third-order valence-electron chi connectivity index (χ3n) is 3.27. The molecule has 1 saturated heterocycles. The number of carbonyl (C=O) groups is 2. The monoisotopic (exact) mass is 278 g/mol. The van der Waals surface area contributed by atoms with Crippen LogP contribution in [0, 0.1) is 12.8 Å². The van der Waals surface area contributed by atoms with Gasteiger partial charge in [-0.05, 0) is 12.8 Å². The quantitative estimate of drug-likeness (QED) is 0.668. The predicted octanol–water partition coefficient (Wildman–Crippen LogP) is 1.61.